The van der Waals surface area contributed by atoms with E-state index < -0.39 is 10.8 Å². The van der Waals surface area contributed by atoms with Gasteiger partial charge in [-0.25, -0.2) is 0 Å². The molecule has 2 rings (SSSR count). The number of non-ortho nitro benzene ring substituents is 1. The van der Waals surface area contributed by atoms with Gasteiger partial charge in [-0.05, 0) is 32.1 Å². The number of nitrogens with zero attached hydrogens (tertiary/aromatic N) is 4. The number of nitro groups is 1. The molecule has 2 amide bonds. The quantitative estimate of drug-likeness (QED) is 0.477. The predicted octanol–water partition coefficient (Wildman–Crippen LogP) is 2.31. The second kappa shape index (κ2) is 10.3. The number of carbonyl (C=O) groups excluding carboxylic acids is 2. The zero-order valence-electron chi connectivity index (χ0n) is 16.8. The Bertz CT molecular complexity index is 845. The number of nitrogens with one attached hydrogen (secondary N) is 1. The summed E-state index contributed by atoms with van der Waals surface area (Å²) in [4.78, 5) is 39.2. The van der Waals surface area contributed by atoms with Gasteiger partial charge in [0.05, 0.1) is 4.92 Å². The summed E-state index contributed by atoms with van der Waals surface area (Å²) >= 11 is 0. The van der Waals surface area contributed by atoms with Crippen molar-refractivity contribution in [3.63, 3.8) is 0 Å². The molecule has 156 valence electrons. The molecule has 0 bridgehead atoms. The topological polar surface area (TPSA) is 122 Å². The molecule has 1 aromatic carbocycles. The smallest absolute Gasteiger partial charge is 0.269 e. The molecule has 0 saturated heterocycles. The van der Waals surface area contributed by atoms with Gasteiger partial charge in [0.25, 0.3) is 11.6 Å². The standard InChI is InChI=1S/C19H25N5O5/c1-4-22(5-2)10-11-23(13-18(25)20-17-12-14(3)29-21-17)19(26)15-6-8-16(9-7-15)24(27)28/h6-9,12H,4-5,10-11,13H2,1-3H3,(H,20,21,25). The lowest BCUT2D eigenvalue weighted by molar-refractivity contribution is -0.384. The summed E-state index contributed by atoms with van der Waals surface area (Å²) in [6.45, 7) is 8.14. The second-order valence-corrected chi connectivity index (χ2v) is 6.43. The molecular weight excluding hydrogens is 378 g/mol. The van der Waals surface area contributed by atoms with Gasteiger partial charge in [-0.1, -0.05) is 19.0 Å². The Labute approximate surface area is 168 Å². The first-order valence-corrected chi connectivity index (χ1v) is 9.33. The molecule has 10 nitrogen and oxygen atoms in total. The van der Waals surface area contributed by atoms with Crippen LogP contribution in [0, 0.1) is 17.0 Å². The molecule has 0 aliphatic carbocycles. The van der Waals surface area contributed by atoms with E-state index in [0.29, 0.717) is 18.8 Å². The first-order valence-electron chi connectivity index (χ1n) is 9.33. The minimum Gasteiger partial charge on any atom is -0.360 e. The lowest BCUT2D eigenvalue weighted by Gasteiger charge is -2.26. The third-order valence-corrected chi connectivity index (χ3v) is 4.42. The SMILES string of the molecule is CCN(CC)CCN(CC(=O)Nc1cc(C)on1)C(=O)c1ccc([N+](=O)[O-])cc1. The van der Waals surface area contributed by atoms with Crippen LogP contribution >= 0.6 is 0 Å². The summed E-state index contributed by atoms with van der Waals surface area (Å²) in [5.74, 6) is 0.0475. The van der Waals surface area contributed by atoms with E-state index in [1.54, 1.807) is 13.0 Å². The average molecular weight is 403 g/mol. The van der Waals surface area contributed by atoms with Gasteiger partial charge < -0.3 is 19.6 Å². The van der Waals surface area contributed by atoms with Crippen molar-refractivity contribution in [2.75, 3.05) is 38.0 Å². The van der Waals surface area contributed by atoms with Crippen molar-refractivity contribution >= 4 is 23.3 Å². The highest BCUT2D eigenvalue weighted by molar-refractivity contribution is 5.99. The van der Waals surface area contributed by atoms with Crippen LogP contribution in [0.4, 0.5) is 11.5 Å². The first-order chi connectivity index (χ1) is 13.8. The van der Waals surface area contributed by atoms with Gasteiger partial charge in [-0.15, -0.1) is 0 Å². The molecule has 0 aliphatic rings. The van der Waals surface area contributed by atoms with E-state index >= 15 is 0 Å². The number of carbonyl (C=O) groups is 2. The summed E-state index contributed by atoms with van der Waals surface area (Å²) in [6.07, 6.45) is 0. The number of benzene rings is 1. The van der Waals surface area contributed by atoms with Crippen molar-refractivity contribution in [2.45, 2.75) is 20.8 Å². The Morgan fingerprint density at radius 1 is 1.17 bits per heavy atom. The van der Waals surface area contributed by atoms with Crippen LogP contribution in [0.2, 0.25) is 0 Å². The molecular formula is C19H25N5O5. The Kier molecular flexibility index (Phi) is 7.84. The third kappa shape index (κ3) is 6.39. The van der Waals surface area contributed by atoms with Crippen molar-refractivity contribution in [1.29, 1.82) is 0 Å². The predicted molar refractivity (Wildman–Crippen MR) is 107 cm³/mol. The molecule has 0 aliphatic heterocycles. The number of hydrogen-bond acceptors (Lipinski definition) is 7. The van der Waals surface area contributed by atoms with Gasteiger partial charge in [0, 0.05) is 36.9 Å². The summed E-state index contributed by atoms with van der Waals surface area (Å²) in [5.41, 5.74) is 0.176. The molecule has 1 heterocycles. The van der Waals surface area contributed by atoms with E-state index in [4.69, 9.17) is 4.52 Å². The van der Waals surface area contributed by atoms with Crippen molar-refractivity contribution in [3.8, 4) is 0 Å². The number of hydrogen-bond donors (Lipinski definition) is 1. The number of likely N-dealkylation sites (N-methyl/N-ethyl adjacent to an activating group) is 1. The molecule has 0 atom stereocenters. The van der Waals surface area contributed by atoms with Gasteiger partial charge in [-0.3, -0.25) is 19.7 Å². The maximum Gasteiger partial charge on any atom is 0.269 e. The van der Waals surface area contributed by atoms with Crippen LogP contribution in [0.1, 0.15) is 30.0 Å². The molecule has 2 aromatic rings. The number of rotatable bonds is 10. The zero-order chi connectivity index (χ0) is 21.4. The Hall–Kier alpha value is -3.27. The van der Waals surface area contributed by atoms with E-state index in [9.17, 15) is 19.7 Å². The van der Waals surface area contributed by atoms with Gasteiger partial charge in [-0.2, -0.15) is 0 Å². The summed E-state index contributed by atoms with van der Waals surface area (Å²) in [6, 6.07) is 6.91. The van der Waals surface area contributed by atoms with Crippen molar-refractivity contribution in [3.05, 3.63) is 51.8 Å². The molecule has 1 aromatic heterocycles. The maximum absolute atomic E-state index is 12.9. The monoisotopic (exact) mass is 403 g/mol. The average Bonchev–Trinajstić information content (AvgIpc) is 3.11. The van der Waals surface area contributed by atoms with Crippen molar-refractivity contribution < 1.29 is 19.0 Å². The number of nitro benzene ring substituents is 1. The fraction of sp³-hybridized carbons (Fsp3) is 0.421. The minimum atomic E-state index is -0.528. The van der Waals surface area contributed by atoms with Crippen LogP contribution in [0.5, 0.6) is 0 Å². The highest BCUT2D eigenvalue weighted by Gasteiger charge is 2.21. The molecule has 0 unspecified atom stereocenters. The van der Waals surface area contributed by atoms with Gasteiger partial charge in [0.2, 0.25) is 5.91 Å². The lowest BCUT2D eigenvalue weighted by atomic mass is 10.1. The molecule has 0 radical (unpaired) electrons. The minimum absolute atomic E-state index is 0.101. The Morgan fingerprint density at radius 2 is 1.83 bits per heavy atom. The summed E-state index contributed by atoms with van der Waals surface area (Å²) in [7, 11) is 0. The summed E-state index contributed by atoms with van der Waals surface area (Å²) < 4.78 is 4.92. The van der Waals surface area contributed by atoms with Crippen molar-refractivity contribution in [2.24, 2.45) is 0 Å². The molecule has 0 fully saturated rings. The van der Waals surface area contributed by atoms with Crippen LogP contribution in [-0.2, 0) is 4.79 Å². The number of anilines is 1. The first kappa shape index (κ1) is 22.0. The highest BCUT2D eigenvalue weighted by Crippen LogP contribution is 2.14. The van der Waals surface area contributed by atoms with Gasteiger partial charge in [0.1, 0.15) is 12.3 Å². The fourth-order valence-electron chi connectivity index (χ4n) is 2.74. The highest BCUT2D eigenvalue weighted by atomic mass is 16.6. The fourth-order valence-corrected chi connectivity index (χ4v) is 2.74. The van der Waals surface area contributed by atoms with Gasteiger partial charge in [0.15, 0.2) is 5.82 Å². The van der Waals surface area contributed by atoms with Crippen LogP contribution < -0.4 is 5.32 Å². The third-order valence-electron chi connectivity index (χ3n) is 4.42. The number of aryl methyl sites for hydroxylation is 1. The molecule has 29 heavy (non-hydrogen) atoms. The Balaban J connectivity index is 2.12. The van der Waals surface area contributed by atoms with Crippen LogP contribution in [0.3, 0.4) is 0 Å². The lowest BCUT2D eigenvalue weighted by Crippen LogP contribution is -2.42. The zero-order valence-corrected chi connectivity index (χ0v) is 16.8. The van der Waals surface area contributed by atoms with E-state index in [0.717, 1.165) is 13.1 Å². The van der Waals surface area contributed by atoms with Gasteiger partial charge >= 0.3 is 0 Å². The number of amides is 2. The molecule has 0 spiro atoms. The molecule has 10 heteroatoms. The molecule has 1 N–H and O–H groups in total. The van der Waals surface area contributed by atoms with E-state index in [1.807, 2.05) is 13.8 Å². The normalized spacial score (nSPS) is 10.8. The van der Waals surface area contributed by atoms with Crippen LogP contribution in [-0.4, -0.2) is 64.4 Å². The van der Waals surface area contributed by atoms with Crippen LogP contribution in [0.25, 0.3) is 0 Å². The number of aromatic nitrogens is 1. The molecule has 0 saturated carbocycles. The Morgan fingerprint density at radius 3 is 2.34 bits per heavy atom. The van der Waals surface area contributed by atoms with Crippen molar-refractivity contribution in [1.82, 2.24) is 15.0 Å². The summed E-state index contributed by atoms with van der Waals surface area (Å²) in [5, 5.41) is 17.1. The van der Waals surface area contributed by atoms with E-state index in [-0.39, 0.29) is 29.5 Å². The van der Waals surface area contributed by atoms with E-state index in [1.165, 1.54) is 29.2 Å². The second-order valence-electron chi connectivity index (χ2n) is 6.43. The van der Waals surface area contributed by atoms with Crippen LogP contribution in [0.15, 0.2) is 34.9 Å². The van der Waals surface area contributed by atoms with E-state index in [2.05, 4.69) is 15.4 Å². The maximum atomic E-state index is 12.9. The largest absolute Gasteiger partial charge is 0.360 e.